The number of benzene rings is 1. The van der Waals surface area contributed by atoms with Crippen LogP contribution in [0.2, 0.25) is 10.2 Å². The number of halogens is 2. The molecule has 100 valence electrons. The van der Waals surface area contributed by atoms with E-state index >= 15 is 0 Å². The number of fused-ring (bicyclic) bond motifs is 1. The molecule has 0 unspecified atom stereocenters. The fourth-order valence-electron chi connectivity index (χ4n) is 1.68. The van der Waals surface area contributed by atoms with Gasteiger partial charge in [-0.05, 0) is 24.3 Å². The molecule has 5 nitrogen and oxygen atoms in total. The first-order chi connectivity index (χ1) is 9.66. The topological polar surface area (TPSA) is 67.8 Å². The van der Waals surface area contributed by atoms with Crippen LogP contribution in [-0.2, 0) is 0 Å². The number of pyridine rings is 1. The average Bonchev–Trinajstić information content (AvgIpc) is 2.91. The van der Waals surface area contributed by atoms with Crippen LogP contribution in [0.3, 0.4) is 0 Å². The van der Waals surface area contributed by atoms with E-state index in [9.17, 15) is 4.79 Å². The van der Waals surface area contributed by atoms with Gasteiger partial charge in [0.05, 0.1) is 28.0 Å². The predicted octanol–water partition coefficient (Wildman–Crippen LogP) is 3.65. The first kappa shape index (κ1) is 13.2. The largest absolute Gasteiger partial charge is 0.319 e. The number of carbonyl (C=O) groups is 1. The maximum absolute atomic E-state index is 12.2. The third kappa shape index (κ3) is 2.33. The number of nitrogens with zero attached hydrogens (tertiary/aromatic N) is 3. The SMILES string of the molecule is O=C(Nc1c(Cl)ccc2nsnc12)c1cccnc1Cl. The molecule has 0 radical (unpaired) electrons. The molecular formula is C12H6Cl2N4OS. The highest BCUT2D eigenvalue weighted by Crippen LogP contribution is 2.30. The van der Waals surface area contributed by atoms with Gasteiger partial charge in [0.2, 0.25) is 0 Å². The first-order valence-corrected chi connectivity index (χ1v) is 6.98. The molecular weight excluding hydrogens is 319 g/mol. The summed E-state index contributed by atoms with van der Waals surface area (Å²) >= 11 is 13.0. The van der Waals surface area contributed by atoms with E-state index in [0.717, 1.165) is 11.7 Å². The highest BCUT2D eigenvalue weighted by atomic mass is 35.5. The highest BCUT2D eigenvalue weighted by Gasteiger charge is 2.16. The molecule has 0 spiro atoms. The average molecular weight is 325 g/mol. The smallest absolute Gasteiger partial charge is 0.258 e. The van der Waals surface area contributed by atoms with E-state index in [1.165, 1.54) is 6.20 Å². The van der Waals surface area contributed by atoms with Gasteiger partial charge in [-0.2, -0.15) is 8.75 Å². The van der Waals surface area contributed by atoms with Gasteiger partial charge in [-0.25, -0.2) is 4.98 Å². The van der Waals surface area contributed by atoms with E-state index in [4.69, 9.17) is 23.2 Å². The molecule has 1 amide bonds. The Bertz CT molecular complexity index is 805. The predicted molar refractivity (Wildman–Crippen MR) is 79.6 cm³/mol. The number of nitrogens with one attached hydrogen (secondary N) is 1. The number of carbonyl (C=O) groups excluding carboxylic acids is 1. The summed E-state index contributed by atoms with van der Waals surface area (Å²) in [5, 5.41) is 3.22. The molecule has 2 aromatic heterocycles. The zero-order valence-corrected chi connectivity index (χ0v) is 12.1. The minimum atomic E-state index is -0.398. The van der Waals surface area contributed by atoms with Gasteiger partial charge in [0.15, 0.2) is 0 Å². The summed E-state index contributed by atoms with van der Waals surface area (Å²) in [5.74, 6) is -0.398. The number of hydrogen-bond donors (Lipinski definition) is 1. The second-order valence-electron chi connectivity index (χ2n) is 3.85. The Morgan fingerprint density at radius 1 is 1.20 bits per heavy atom. The molecule has 0 bridgehead atoms. The summed E-state index contributed by atoms with van der Waals surface area (Å²) < 4.78 is 8.23. The maximum Gasteiger partial charge on any atom is 0.258 e. The molecule has 0 saturated carbocycles. The third-order valence-corrected chi connectivity index (χ3v) is 3.78. The van der Waals surface area contributed by atoms with Crippen molar-refractivity contribution >= 4 is 57.6 Å². The summed E-state index contributed by atoms with van der Waals surface area (Å²) in [5.41, 5.74) is 1.91. The van der Waals surface area contributed by atoms with E-state index in [-0.39, 0.29) is 10.7 Å². The minimum Gasteiger partial charge on any atom is -0.319 e. The molecule has 1 aromatic carbocycles. The standard InChI is InChI=1S/C12H6Cl2N4OS/c13-7-3-4-8-10(18-20-17-8)9(7)16-12(19)6-2-1-5-15-11(6)14/h1-5H,(H,16,19). The van der Waals surface area contributed by atoms with Gasteiger partial charge in [-0.1, -0.05) is 23.2 Å². The first-order valence-electron chi connectivity index (χ1n) is 5.49. The normalized spacial score (nSPS) is 10.7. The van der Waals surface area contributed by atoms with E-state index < -0.39 is 5.91 Å². The van der Waals surface area contributed by atoms with Gasteiger partial charge in [0, 0.05) is 6.20 Å². The lowest BCUT2D eigenvalue weighted by atomic mass is 10.2. The van der Waals surface area contributed by atoms with Crippen LogP contribution >= 0.6 is 34.9 Å². The van der Waals surface area contributed by atoms with Crippen molar-refractivity contribution in [1.82, 2.24) is 13.7 Å². The monoisotopic (exact) mass is 324 g/mol. The van der Waals surface area contributed by atoms with Crippen molar-refractivity contribution in [1.29, 1.82) is 0 Å². The summed E-state index contributed by atoms with van der Waals surface area (Å²) in [7, 11) is 0. The second kappa shape index (κ2) is 5.32. The van der Waals surface area contributed by atoms with Crippen LogP contribution in [0.4, 0.5) is 5.69 Å². The molecule has 0 aliphatic rings. The fraction of sp³-hybridized carbons (Fsp3) is 0. The molecule has 0 fully saturated rings. The van der Waals surface area contributed by atoms with Crippen molar-refractivity contribution in [3.05, 3.63) is 46.2 Å². The molecule has 0 saturated heterocycles. The summed E-state index contributed by atoms with van der Waals surface area (Å²) in [6.07, 6.45) is 1.51. The molecule has 0 aliphatic carbocycles. The molecule has 0 atom stereocenters. The van der Waals surface area contributed by atoms with Gasteiger partial charge < -0.3 is 5.32 Å². The Labute approximate surface area is 127 Å². The molecule has 2 heterocycles. The van der Waals surface area contributed by atoms with Gasteiger partial charge in [-0.3, -0.25) is 4.79 Å². The van der Waals surface area contributed by atoms with E-state index in [2.05, 4.69) is 19.0 Å². The van der Waals surface area contributed by atoms with Crippen LogP contribution in [0.1, 0.15) is 10.4 Å². The Balaban J connectivity index is 2.01. The van der Waals surface area contributed by atoms with Gasteiger partial charge in [0.25, 0.3) is 5.91 Å². The molecule has 20 heavy (non-hydrogen) atoms. The Kier molecular flexibility index (Phi) is 3.52. The zero-order chi connectivity index (χ0) is 14.1. The Morgan fingerprint density at radius 2 is 2.05 bits per heavy atom. The van der Waals surface area contributed by atoms with Crippen molar-refractivity contribution in [3.63, 3.8) is 0 Å². The van der Waals surface area contributed by atoms with Crippen LogP contribution in [0, 0.1) is 0 Å². The van der Waals surface area contributed by atoms with Crippen LogP contribution in [0.15, 0.2) is 30.5 Å². The van der Waals surface area contributed by atoms with Crippen LogP contribution in [0.25, 0.3) is 11.0 Å². The number of hydrogen-bond acceptors (Lipinski definition) is 5. The summed E-state index contributed by atoms with van der Waals surface area (Å²) in [4.78, 5) is 16.1. The van der Waals surface area contributed by atoms with Crippen molar-refractivity contribution in [2.45, 2.75) is 0 Å². The second-order valence-corrected chi connectivity index (χ2v) is 5.14. The van der Waals surface area contributed by atoms with Crippen molar-refractivity contribution in [2.24, 2.45) is 0 Å². The molecule has 3 aromatic rings. The lowest BCUT2D eigenvalue weighted by Crippen LogP contribution is -2.13. The Hall–Kier alpha value is -1.76. The maximum atomic E-state index is 12.2. The molecule has 0 aliphatic heterocycles. The van der Waals surface area contributed by atoms with Crippen molar-refractivity contribution in [3.8, 4) is 0 Å². The van der Waals surface area contributed by atoms with E-state index in [0.29, 0.717) is 21.7 Å². The third-order valence-electron chi connectivity index (χ3n) is 2.62. The molecule has 1 N–H and O–H groups in total. The number of amides is 1. The fourth-order valence-corrected chi connectivity index (χ4v) is 2.63. The quantitative estimate of drug-likeness (QED) is 0.730. The molecule has 8 heteroatoms. The lowest BCUT2D eigenvalue weighted by Gasteiger charge is -2.08. The lowest BCUT2D eigenvalue weighted by molar-refractivity contribution is 0.102. The van der Waals surface area contributed by atoms with Crippen molar-refractivity contribution in [2.75, 3.05) is 5.32 Å². The number of aromatic nitrogens is 3. The highest BCUT2D eigenvalue weighted by molar-refractivity contribution is 7.00. The van der Waals surface area contributed by atoms with E-state index in [1.807, 2.05) is 0 Å². The number of rotatable bonds is 2. The molecule has 3 rings (SSSR count). The van der Waals surface area contributed by atoms with Crippen molar-refractivity contribution < 1.29 is 4.79 Å². The minimum absolute atomic E-state index is 0.129. The van der Waals surface area contributed by atoms with Crippen LogP contribution in [0.5, 0.6) is 0 Å². The summed E-state index contributed by atoms with van der Waals surface area (Å²) in [6.45, 7) is 0. The number of anilines is 1. The zero-order valence-electron chi connectivity index (χ0n) is 9.80. The van der Waals surface area contributed by atoms with Gasteiger partial charge in [-0.15, -0.1) is 0 Å². The van der Waals surface area contributed by atoms with Crippen LogP contribution in [-0.4, -0.2) is 19.6 Å². The van der Waals surface area contributed by atoms with Crippen LogP contribution < -0.4 is 5.32 Å². The van der Waals surface area contributed by atoms with E-state index in [1.54, 1.807) is 24.3 Å². The summed E-state index contributed by atoms with van der Waals surface area (Å²) in [6, 6.07) is 6.62. The Morgan fingerprint density at radius 3 is 2.85 bits per heavy atom. The van der Waals surface area contributed by atoms with Gasteiger partial charge >= 0.3 is 0 Å². The van der Waals surface area contributed by atoms with Gasteiger partial charge in [0.1, 0.15) is 16.2 Å².